The zero-order valence-electron chi connectivity index (χ0n) is 20.0. The summed E-state index contributed by atoms with van der Waals surface area (Å²) in [5.41, 5.74) is 9.83. The number of hydrogen-bond acceptors (Lipinski definition) is 1. The lowest BCUT2D eigenvalue weighted by Gasteiger charge is -2.17. The summed E-state index contributed by atoms with van der Waals surface area (Å²) < 4.78 is 2.22. The van der Waals surface area contributed by atoms with E-state index < -0.39 is 0 Å². The Morgan fingerprint density at radius 1 is 0.686 bits per heavy atom. The van der Waals surface area contributed by atoms with Crippen molar-refractivity contribution >= 4 is 33.4 Å². The van der Waals surface area contributed by atoms with Crippen LogP contribution in [0.4, 0.5) is 0 Å². The van der Waals surface area contributed by atoms with Gasteiger partial charge in [-0.1, -0.05) is 96.0 Å². The van der Waals surface area contributed by atoms with Gasteiger partial charge in [-0.25, -0.2) is 4.98 Å². The molecule has 0 amide bonds. The summed E-state index contributed by atoms with van der Waals surface area (Å²) in [5.74, 6) is 0.885. The fraction of sp³-hybridized carbons (Fsp3) is 0.0938. The van der Waals surface area contributed by atoms with Gasteiger partial charge in [-0.2, -0.15) is 0 Å². The van der Waals surface area contributed by atoms with E-state index in [-0.39, 0.29) is 0 Å². The number of benzene rings is 5. The molecule has 0 fully saturated rings. The van der Waals surface area contributed by atoms with E-state index >= 15 is 0 Å². The van der Waals surface area contributed by atoms with Crippen LogP contribution in [0.1, 0.15) is 16.7 Å². The maximum atomic E-state index is 7.25. The zero-order valence-corrected chi connectivity index (χ0v) is 20.8. The van der Waals surface area contributed by atoms with Crippen LogP contribution >= 0.6 is 11.6 Å². The Labute approximate surface area is 210 Å². The molecule has 0 aliphatic carbocycles. The molecule has 170 valence electrons. The van der Waals surface area contributed by atoms with Crippen LogP contribution in [0.25, 0.3) is 50.0 Å². The van der Waals surface area contributed by atoms with Crippen molar-refractivity contribution in [3.05, 3.63) is 119 Å². The van der Waals surface area contributed by atoms with E-state index in [9.17, 15) is 0 Å². The van der Waals surface area contributed by atoms with Crippen molar-refractivity contribution in [1.82, 2.24) is 9.55 Å². The molecule has 2 nitrogen and oxygen atoms in total. The summed E-state index contributed by atoms with van der Waals surface area (Å²) in [6, 6.07) is 34.0. The van der Waals surface area contributed by atoms with E-state index in [2.05, 4.69) is 116 Å². The Kier molecular flexibility index (Phi) is 5.20. The van der Waals surface area contributed by atoms with Gasteiger partial charge in [0.05, 0.1) is 21.7 Å². The fourth-order valence-corrected chi connectivity index (χ4v) is 5.36. The first-order chi connectivity index (χ1) is 17.0. The van der Waals surface area contributed by atoms with Crippen molar-refractivity contribution in [3.8, 4) is 28.2 Å². The zero-order chi connectivity index (χ0) is 24.1. The Morgan fingerprint density at radius 2 is 1.46 bits per heavy atom. The quantitative estimate of drug-likeness (QED) is 0.251. The Morgan fingerprint density at radius 3 is 2.26 bits per heavy atom. The second kappa shape index (κ2) is 8.41. The SMILES string of the molecule is Cc1ccc(-c2cc(C)cc(-n3c(-c4ccccc4)nc4c5ccccc5ccc43)c2Cl)c(C)c1. The number of aryl methyl sites for hydroxylation is 3. The van der Waals surface area contributed by atoms with Gasteiger partial charge in [-0.3, -0.25) is 4.57 Å². The van der Waals surface area contributed by atoms with Crippen molar-refractivity contribution in [2.24, 2.45) is 0 Å². The fourth-order valence-electron chi connectivity index (χ4n) is 5.06. The average Bonchev–Trinajstić information content (AvgIpc) is 3.26. The molecule has 6 rings (SSSR count). The van der Waals surface area contributed by atoms with Crippen LogP contribution in [0.15, 0.2) is 97.1 Å². The van der Waals surface area contributed by atoms with Crippen LogP contribution < -0.4 is 0 Å². The van der Waals surface area contributed by atoms with Crippen LogP contribution in [-0.4, -0.2) is 9.55 Å². The second-order valence-corrected chi connectivity index (χ2v) is 9.63. The molecule has 1 heterocycles. The molecule has 0 spiro atoms. The highest BCUT2D eigenvalue weighted by Crippen LogP contribution is 2.40. The molecular formula is C32H25ClN2. The molecule has 3 heteroatoms. The molecule has 6 aromatic rings. The molecule has 0 aliphatic rings. The van der Waals surface area contributed by atoms with Crippen molar-refractivity contribution < 1.29 is 0 Å². The smallest absolute Gasteiger partial charge is 0.145 e. The average molecular weight is 473 g/mol. The van der Waals surface area contributed by atoms with Crippen molar-refractivity contribution in [2.45, 2.75) is 20.8 Å². The predicted octanol–water partition coefficient (Wildman–Crippen LogP) is 9.09. The molecule has 35 heavy (non-hydrogen) atoms. The normalized spacial score (nSPS) is 11.4. The minimum absolute atomic E-state index is 0.729. The lowest BCUT2D eigenvalue weighted by molar-refractivity contribution is 1.10. The molecule has 0 atom stereocenters. The highest BCUT2D eigenvalue weighted by molar-refractivity contribution is 6.35. The lowest BCUT2D eigenvalue weighted by atomic mass is 9.96. The number of nitrogens with zero attached hydrogens (tertiary/aromatic N) is 2. The van der Waals surface area contributed by atoms with Gasteiger partial charge in [0, 0.05) is 16.5 Å². The number of imidazole rings is 1. The lowest BCUT2D eigenvalue weighted by Crippen LogP contribution is -2.01. The van der Waals surface area contributed by atoms with Crippen molar-refractivity contribution in [2.75, 3.05) is 0 Å². The Bertz CT molecular complexity index is 1730. The minimum atomic E-state index is 0.729. The van der Waals surface area contributed by atoms with E-state index in [1.165, 1.54) is 16.5 Å². The number of aromatic nitrogens is 2. The third-order valence-corrected chi connectivity index (χ3v) is 7.09. The van der Waals surface area contributed by atoms with Gasteiger partial charge in [0.25, 0.3) is 0 Å². The van der Waals surface area contributed by atoms with Crippen LogP contribution in [0.3, 0.4) is 0 Å². The van der Waals surface area contributed by atoms with E-state index in [4.69, 9.17) is 16.6 Å². The molecule has 5 aromatic carbocycles. The van der Waals surface area contributed by atoms with Gasteiger partial charge in [-0.15, -0.1) is 0 Å². The molecule has 0 saturated carbocycles. The monoisotopic (exact) mass is 472 g/mol. The van der Waals surface area contributed by atoms with Gasteiger partial charge in [0.15, 0.2) is 0 Å². The summed E-state index contributed by atoms with van der Waals surface area (Å²) in [6.45, 7) is 6.40. The summed E-state index contributed by atoms with van der Waals surface area (Å²) in [4.78, 5) is 5.19. The number of halogens is 1. The van der Waals surface area contributed by atoms with Crippen molar-refractivity contribution in [1.29, 1.82) is 0 Å². The first-order valence-corrected chi connectivity index (χ1v) is 12.2. The van der Waals surface area contributed by atoms with Crippen molar-refractivity contribution in [3.63, 3.8) is 0 Å². The molecule has 0 N–H and O–H groups in total. The summed E-state index contributed by atoms with van der Waals surface area (Å²) in [7, 11) is 0. The first-order valence-electron chi connectivity index (χ1n) is 11.8. The van der Waals surface area contributed by atoms with E-state index in [1.807, 2.05) is 6.07 Å². The number of hydrogen-bond donors (Lipinski definition) is 0. The van der Waals surface area contributed by atoms with Gasteiger partial charge in [-0.05, 0) is 61.0 Å². The minimum Gasteiger partial charge on any atom is -0.291 e. The topological polar surface area (TPSA) is 17.8 Å². The van der Waals surface area contributed by atoms with E-state index in [0.29, 0.717) is 0 Å². The molecular weight excluding hydrogens is 448 g/mol. The molecule has 1 aromatic heterocycles. The molecule has 0 aliphatic heterocycles. The van der Waals surface area contributed by atoms with Gasteiger partial charge >= 0.3 is 0 Å². The number of fused-ring (bicyclic) bond motifs is 3. The van der Waals surface area contributed by atoms with Gasteiger partial charge in [0.2, 0.25) is 0 Å². The van der Waals surface area contributed by atoms with Crippen LogP contribution in [0.5, 0.6) is 0 Å². The maximum absolute atomic E-state index is 7.25. The van der Waals surface area contributed by atoms with Gasteiger partial charge in [0.1, 0.15) is 5.82 Å². The summed E-state index contributed by atoms with van der Waals surface area (Å²) in [5, 5.41) is 3.04. The van der Waals surface area contributed by atoms with Crippen LogP contribution in [0, 0.1) is 20.8 Å². The third-order valence-electron chi connectivity index (χ3n) is 6.69. The summed E-state index contributed by atoms with van der Waals surface area (Å²) in [6.07, 6.45) is 0. The highest BCUT2D eigenvalue weighted by atomic mass is 35.5. The highest BCUT2D eigenvalue weighted by Gasteiger charge is 2.20. The van der Waals surface area contributed by atoms with Crippen LogP contribution in [-0.2, 0) is 0 Å². The third kappa shape index (κ3) is 3.62. The Hall–Kier alpha value is -3.88. The summed E-state index contributed by atoms with van der Waals surface area (Å²) >= 11 is 7.25. The van der Waals surface area contributed by atoms with E-state index in [0.717, 1.165) is 55.2 Å². The first kappa shape index (κ1) is 21.6. The molecule has 0 radical (unpaired) electrons. The standard InChI is InChI=1S/C32H25ClN2/c1-20-13-15-25(22(3)17-20)27-18-21(2)19-29(30(27)33)35-28-16-14-23-9-7-8-12-26(23)31(28)34-32(35)24-10-5-4-6-11-24/h4-19H,1-3H3. The molecule has 0 unspecified atom stereocenters. The Balaban J connectivity index is 1.71. The van der Waals surface area contributed by atoms with E-state index in [1.54, 1.807) is 0 Å². The van der Waals surface area contributed by atoms with Crippen LogP contribution in [0.2, 0.25) is 5.02 Å². The molecule has 0 saturated heterocycles. The van der Waals surface area contributed by atoms with Gasteiger partial charge < -0.3 is 0 Å². The predicted molar refractivity (Wildman–Crippen MR) is 149 cm³/mol. The second-order valence-electron chi connectivity index (χ2n) is 9.26. The number of rotatable bonds is 3. The molecule has 0 bridgehead atoms. The largest absolute Gasteiger partial charge is 0.291 e. The maximum Gasteiger partial charge on any atom is 0.145 e.